The Bertz CT molecular complexity index is 1130. The van der Waals surface area contributed by atoms with Crippen LogP contribution in [0.3, 0.4) is 0 Å². The summed E-state index contributed by atoms with van der Waals surface area (Å²) in [6.07, 6.45) is 0. The highest BCUT2D eigenvalue weighted by Gasteiger charge is 2.29. The monoisotopic (exact) mass is 459 g/mol. The fraction of sp³-hybridized carbons (Fsp3) is 0.318. The van der Waals surface area contributed by atoms with Crippen LogP contribution >= 0.6 is 11.3 Å². The molecule has 1 saturated heterocycles. The number of thiazole rings is 1. The zero-order chi connectivity index (χ0) is 22.0. The Balaban J connectivity index is 1.47. The first-order chi connectivity index (χ1) is 14.9. The molecular formula is C22H25N3O4S2. The molecule has 0 atom stereocenters. The van der Waals surface area contributed by atoms with Crippen LogP contribution in [-0.2, 0) is 10.0 Å². The van der Waals surface area contributed by atoms with Gasteiger partial charge in [0, 0.05) is 43.2 Å². The Morgan fingerprint density at radius 1 is 0.935 bits per heavy atom. The molecule has 0 bridgehead atoms. The van der Waals surface area contributed by atoms with E-state index in [0.29, 0.717) is 42.6 Å². The van der Waals surface area contributed by atoms with Crippen LogP contribution in [0.15, 0.2) is 52.7 Å². The Morgan fingerprint density at radius 3 is 2.13 bits per heavy atom. The third kappa shape index (κ3) is 4.53. The summed E-state index contributed by atoms with van der Waals surface area (Å²) in [5.74, 6) is 1.41. The molecule has 3 aromatic rings. The van der Waals surface area contributed by atoms with E-state index in [-0.39, 0.29) is 0 Å². The second-order valence-electron chi connectivity index (χ2n) is 7.32. The van der Waals surface area contributed by atoms with E-state index in [4.69, 9.17) is 14.5 Å². The standard InChI is InChI=1S/C22H25N3O4S2/c1-16-4-6-20(7-5-16)31(26,27)25-10-8-24(9-11-25)22-23-21(15-30-22)17-12-18(28-2)14-19(13-17)29-3/h4-7,12-15H,8-11H2,1-3H3. The van der Waals surface area contributed by atoms with Crippen LogP contribution in [0.2, 0.25) is 0 Å². The number of anilines is 1. The first-order valence-electron chi connectivity index (χ1n) is 9.91. The van der Waals surface area contributed by atoms with Crippen molar-refractivity contribution < 1.29 is 17.9 Å². The number of aromatic nitrogens is 1. The molecule has 0 amide bonds. The highest BCUT2D eigenvalue weighted by Crippen LogP contribution is 2.33. The maximum Gasteiger partial charge on any atom is 0.243 e. The Kier molecular flexibility index (Phi) is 6.17. The molecule has 2 aromatic carbocycles. The highest BCUT2D eigenvalue weighted by atomic mass is 32.2. The molecule has 1 aliphatic rings. The Morgan fingerprint density at radius 2 is 1.55 bits per heavy atom. The molecule has 9 heteroatoms. The van der Waals surface area contributed by atoms with Crippen LogP contribution in [0, 0.1) is 6.92 Å². The zero-order valence-corrected chi connectivity index (χ0v) is 19.4. The van der Waals surface area contributed by atoms with E-state index >= 15 is 0 Å². The normalized spacial score (nSPS) is 15.1. The van der Waals surface area contributed by atoms with Crippen LogP contribution in [-0.4, -0.2) is 58.1 Å². The summed E-state index contributed by atoms with van der Waals surface area (Å²) < 4.78 is 38.1. The number of piperazine rings is 1. The van der Waals surface area contributed by atoms with Crippen molar-refractivity contribution in [2.75, 3.05) is 45.3 Å². The molecule has 31 heavy (non-hydrogen) atoms. The fourth-order valence-electron chi connectivity index (χ4n) is 3.48. The number of sulfonamides is 1. The van der Waals surface area contributed by atoms with E-state index in [1.165, 1.54) is 0 Å². The molecule has 0 saturated carbocycles. The van der Waals surface area contributed by atoms with Crippen molar-refractivity contribution in [3.05, 3.63) is 53.4 Å². The topological polar surface area (TPSA) is 72.0 Å². The van der Waals surface area contributed by atoms with Gasteiger partial charge in [0.1, 0.15) is 11.5 Å². The summed E-state index contributed by atoms with van der Waals surface area (Å²) in [6.45, 7) is 3.99. The van der Waals surface area contributed by atoms with Gasteiger partial charge in [0.15, 0.2) is 5.13 Å². The number of hydrogen-bond donors (Lipinski definition) is 0. The van der Waals surface area contributed by atoms with Gasteiger partial charge in [0.2, 0.25) is 10.0 Å². The average Bonchev–Trinajstić information content (AvgIpc) is 3.29. The first-order valence-corrected chi connectivity index (χ1v) is 12.2. The molecule has 0 aliphatic carbocycles. The van der Waals surface area contributed by atoms with Gasteiger partial charge in [0.25, 0.3) is 0 Å². The van der Waals surface area contributed by atoms with E-state index in [9.17, 15) is 8.42 Å². The molecule has 0 unspecified atom stereocenters. The highest BCUT2D eigenvalue weighted by molar-refractivity contribution is 7.89. The molecule has 2 heterocycles. The maximum atomic E-state index is 12.9. The summed E-state index contributed by atoms with van der Waals surface area (Å²) >= 11 is 1.55. The number of nitrogens with zero attached hydrogens (tertiary/aromatic N) is 3. The first kappa shape index (κ1) is 21.6. The van der Waals surface area contributed by atoms with E-state index in [1.807, 2.05) is 42.6 Å². The summed E-state index contributed by atoms with van der Waals surface area (Å²) in [4.78, 5) is 7.25. The van der Waals surface area contributed by atoms with Gasteiger partial charge in [-0.3, -0.25) is 0 Å². The lowest BCUT2D eigenvalue weighted by Gasteiger charge is -2.33. The lowest BCUT2D eigenvalue weighted by molar-refractivity contribution is 0.385. The SMILES string of the molecule is COc1cc(OC)cc(-c2csc(N3CCN(S(=O)(=O)c4ccc(C)cc4)CC3)n2)c1. The van der Waals surface area contributed by atoms with Crippen molar-refractivity contribution in [2.24, 2.45) is 0 Å². The lowest BCUT2D eigenvalue weighted by Crippen LogP contribution is -2.48. The summed E-state index contributed by atoms with van der Waals surface area (Å²) in [5.41, 5.74) is 2.79. The number of rotatable bonds is 6. The zero-order valence-electron chi connectivity index (χ0n) is 17.7. The van der Waals surface area contributed by atoms with Crippen molar-refractivity contribution >= 4 is 26.5 Å². The van der Waals surface area contributed by atoms with Crippen LogP contribution in [0.5, 0.6) is 11.5 Å². The predicted molar refractivity (Wildman–Crippen MR) is 123 cm³/mol. The molecule has 0 radical (unpaired) electrons. The minimum Gasteiger partial charge on any atom is -0.497 e. The molecular weight excluding hydrogens is 434 g/mol. The number of benzene rings is 2. The number of hydrogen-bond acceptors (Lipinski definition) is 7. The van der Waals surface area contributed by atoms with Crippen LogP contribution in [0.25, 0.3) is 11.3 Å². The smallest absolute Gasteiger partial charge is 0.243 e. The van der Waals surface area contributed by atoms with Gasteiger partial charge in [-0.15, -0.1) is 11.3 Å². The Hall–Kier alpha value is -2.62. The van der Waals surface area contributed by atoms with Gasteiger partial charge in [0.05, 0.1) is 24.8 Å². The number of methoxy groups -OCH3 is 2. The minimum atomic E-state index is -3.48. The molecule has 1 fully saturated rings. The second-order valence-corrected chi connectivity index (χ2v) is 10.1. The second kappa shape index (κ2) is 8.86. The van der Waals surface area contributed by atoms with Gasteiger partial charge in [-0.2, -0.15) is 4.31 Å². The van der Waals surface area contributed by atoms with Gasteiger partial charge in [-0.05, 0) is 31.2 Å². The third-order valence-electron chi connectivity index (χ3n) is 5.31. The predicted octanol–water partition coefficient (Wildman–Crippen LogP) is 3.65. The molecule has 0 N–H and O–H groups in total. The molecule has 1 aliphatic heterocycles. The van der Waals surface area contributed by atoms with Gasteiger partial charge in [-0.25, -0.2) is 13.4 Å². The van der Waals surface area contributed by atoms with Crippen LogP contribution < -0.4 is 14.4 Å². The molecule has 164 valence electrons. The van der Waals surface area contributed by atoms with Crippen LogP contribution in [0.4, 0.5) is 5.13 Å². The number of ether oxygens (including phenoxy) is 2. The quantitative estimate of drug-likeness (QED) is 0.560. The Labute approximate surface area is 186 Å². The van der Waals surface area contributed by atoms with Gasteiger partial charge in [-0.1, -0.05) is 17.7 Å². The van der Waals surface area contributed by atoms with E-state index < -0.39 is 10.0 Å². The minimum absolute atomic E-state index is 0.343. The van der Waals surface area contributed by atoms with Crippen molar-refractivity contribution in [3.8, 4) is 22.8 Å². The van der Waals surface area contributed by atoms with Crippen molar-refractivity contribution in [1.29, 1.82) is 0 Å². The van der Waals surface area contributed by atoms with Gasteiger partial charge < -0.3 is 14.4 Å². The summed E-state index contributed by atoms with van der Waals surface area (Å²) in [5, 5.41) is 2.88. The van der Waals surface area contributed by atoms with E-state index in [1.54, 1.807) is 42.0 Å². The van der Waals surface area contributed by atoms with Crippen molar-refractivity contribution in [3.63, 3.8) is 0 Å². The molecule has 1 aromatic heterocycles. The van der Waals surface area contributed by atoms with Crippen LogP contribution in [0.1, 0.15) is 5.56 Å². The van der Waals surface area contributed by atoms with Crippen molar-refractivity contribution in [1.82, 2.24) is 9.29 Å². The van der Waals surface area contributed by atoms with Gasteiger partial charge >= 0.3 is 0 Å². The molecule has 7 nitrogen and oxygen atoms in total. The number of aryl methyl sites for hydroxylation is 1. The third-order valence-corrected chi connectivity index (χ3v) is 8.12. The van der Waals surface area contributed by atoms with Crippen molar-refractivity contribution in [2.45, 2.75) is 11.8 Å². The van der Waals surface area contributed by atoms with E-state index in [2.05, 4.69) is 4.90 Å². The summed E-state index contributed by atoms with van der Waals surface area (Å²) in [6, 6.07) is 12.7. The molecule has 0 spiro atoms. The maximum absolute atomic E-state index is 12.9. The average molecular weight is 460 g/mol. The fourth-order valence-corrected chi connectivity index (χ4v) is 5.79. The lowest BCUT2D eigenvalue weighted by atomic mass is 10.1. The largest absolute Gasteiger partial charge is 0.497 e. The molecule has 4 rings (SSSR count). The summed E-state index contributed by atoms with van der Waals surface area (Å²) in [7, 11) is -0.235. The van der Waals surface area contributed by atoms with E-state index in [0.717, 1.165) is 22.0 Å².